The van der Waals surface area contributed by atoms with E-state index in [9.17, 15) is 0 Å². The summed E-state index contributed by atoms with van der Waals surface area (Å²) >= 11 is 0. The third-order valence-corrected chi connectivity index (χ3v) is 13.5. The van der Waals surface area contributed by atoms with Gasteiger partial charge in [-0.2, -0.15) is 0 Å². The zero-order chi connectivity index (χ0) is 40.4. The van der Waals surface area contributed by atoms with E-state index < -0.39 is 0 Å². The summed E-state index contributed by atoms with van der Waals surface area (Å²) in [4.78, 5) is 2.44. The van der Waals surface area contributed by atoms with Gasteiger partial charge in [-0.15, -0.1) is 0 Å². The van der Waals surface area contributed by atoms with Gasteiger partial charge >= 0.3 is 0 Å². The summed E-state index contributed by atoms with van der Waals surface area (Å²) in [6.07, 6.45) is 17.0. The van der Waals surface area contributed by atoms with E-state index in [-0.39, 0.29) is 21.7 Å². The molecule has 0 heterocycles. The molecule has 288 valence electrons. The van der Waals surface area contributed by atoms with Gasteiger partial charge in [-0.25, -0.2) is 0 Å². The molecule has 1 nitrogen and oxygen atoms in total. The topological polar surface area (TPSA) is 3.24 Å². The number of hydrogen-bond acceptors (Lipinski definition) is 1. The van der Waals surface area contributed by atoms with Crippen molar-refractivity contribution in [1.82, 2.24) is 0 Å². The Morgan fingerprint density at radius 1 is 0.526 bits per heavy atom. The lowest BCUT2D eigenvalue weighted by atomic mass is 9.60. The number of benzene rings is 4. The summed E-state index contributed by atoms with van der Waals surface area (Å²) in [6, 6.07) is 32.8. The Labute approximate surface area is 342 Å². The van der Waals surface area contributed by atoms with Crippen molar-refractivity contribution in [2.45, 2.75) is 99.3 Å². The van der Waals surface area contributed by atoms with Crippen molar-refractivity contribution in [1.29, 1.82) is 0 Å². The summed E-state index contributed by atoms with van der Waals surface area (Å²) in [5.74, 6) is 0.724. The third kappa shape index (κ3) is 6.12. The minimum atomic E-state index is -0.172. The predicted octanol–water partition coefficient (Wildman–Crippen LogP) is 15.4. The van der Waals surface area contributed by atoms with Crippen LogP contribution in [0.4, 0.5) is 17.1 Å². The molecule has 4 aromatic rings. The predicted molar refractivity (Wildman–Crippen MR) is 245 cm³/mol. The SMILES string of the molecule is CC1=C2C=CC3=CC(C(C)(C)C)=CC4=CC=C(C(c5ccc6c(c5)C(C)(C)c5cc(N(c7ccc(C(C)(C)C)cc7)c7ccc(C(C)(C)C)cc7)ccc5-6)=C1)C2C43. The molecule has 0 saturated heterocycles. The first-order chi connectivity index (χ1) is 26.8. The molecule has 0 fully saturated rings. The number of hydrogen-bond donors (Lipinski definition) is 0. The molecule has 0 radical (unpaired) electrons. The maximum atomic E-state index is 2.52. The lowest BCUT2D eigenvalue weighted by Gasteiger charge is -2.43. The molecule has 2 atom stereocenters. The van der Waals surface area contributed by atoms with Gasteiger partial charge in [0.1, 0.15) is 0 Å². The van der Waals surface area contributed by atoms with Crippen molar-refractivity contribution < 1.29 is 0 Å². The molecule has 0 N–H and O–H groups in total. The zero-order valence-electron chi connectivity index (χ0n) is 36.2. The van der Waals surface area contributed by atoms with Crippen LogP contribution in [0, 0.1) is 17.3 Å². The van der Waals surface area contributed by atoms with Crippen LogP contribution in [0.25, 0.3) is 16.7 Å². The highest BCUT2D eigenvalue weighted by Crippen LogP contribution is 2.56. The van der Waals surface area contributed by atoms with Crippen LogP contribution in [-0.2, 0) is 16.2 Å². The fourth-order valence-corrected chi connectivity index (χ4v) is 9.97. The molecule has 2 unspecified atom stereocenters. The Bertz CT molecular complexity index is 2510. The first kappa shape index (κ1) is 37.4. The number of anilines is 3. The van der Waals surface area contributed by atoms with Gasteiger partial charge in [0, 0.05) is 34.3 Å². The van der Waals surface area contributed by atoms with Crippen LogP contribution in [0.15, 0.2) is 161 Å². The maximum Gasteiger partial charge on any atom is 0.0465 e. The quantitative estimate of drug-likeness (QED) is 0.201. The van der Waals surface area contributed by atoms with Crippen molar-refractivity contribution in [3.63, 3.8) is 0 Å². The summed E-state index contributed by atoms with van der Waals surface area (Å²) < 4.78 is 0. The second-order valence-electron chi connectivity index (χ2n) is 20.8. The van der Waals surface area contributed by atoms with E-state index in [4.69, 9.17) is 0 Å². The van der Waals surface area contributed by atoms with Crippen LogP contribution in [0.3, 0.4) is 0 Å². The molecule has 5 aliphatic rings. The lowest BCUT2D eigenvalue weighted by Crippen LogP contribution is -2.31. The second kappa shape index (κ2) is 12.7. The molecule has 0 amide bonds. The minimum Gasteiger partial charge on any atom is -0.310 e. The molecule has 1 heteroatoms. The first-order valence-corrected chi connectivity index (χ1v) is 21.1. The molecule has 0 aromatic heterocycles. The minimum absolute atomic E-state index is 0.0921. The number of allylic oxidation sites excluding steroid dienone is 14. The third-order valence-electron chi connectivity index (χ3n) is 13.5. The highest BCUT2D eigenvalue weighted by atomic mass is 15.1. The van der Waals surface area contributed by atoms with Gasteiger partial charge in [-0.05, 0) is 144 Å². The Morgan fingerprint density at radius 2 is 1.09 bits per heavy atom. The molecule has 57 heavy (non-hydrogen) atoms. The van der Waals surface area contributed by atoms with Gasteiger partial charge < -0.3 is 4.90 Å². The molecule has 0 spiro atoms. The van der Waals surface area contributed by atoms with E-state index in [1.54, 1.807) is 0 Å². The van der Waals surface area contributed by atoms with Crippen molar-refractivity contribution in [2.24, 2.45) is 17.3 Å². The Balaban J connectivity index is 1.11. The molecule has 0 saturated carbocycles. The highest BCUT2D eigenvalue weighted by Gasteiger charge is 2.42. The standard InChI is InChI=1S/C56H59N/c1-34-29-48(47-27-15-37-31-40(55(8,9)10)30-36-14-25-44(34)52(47)51(36)37)35-13-26-45-46-28-24-43(33-50(46)56(11,12)49(45)32-35)57(41-20-16-38(17-21-41)53(2,3)4)42-22-18-39(19-23-42)54(5,6)7/h13-33,51-52H,1-12H3. The molecule has 9 rings (SSSR count). The van der Waals surface area contributed by atoms with Gasteiger partial charge in [0.15, 0.2) is 0 Å². The van der Waals surface area contributed by atoms with Crippen LogP contribution in [-0.4, -0.2) is 0 Å². The normalized spacial score (nSPS) is 20.5. The van der Waals surface area contributed by atoms with E-state index in [2.05, 4.69) is 215 Å². The summed E-state index contributed by atoms with van der Waals surface area (Å²) in [5.41, 5.74) is 23.1. The van der Waals surface area contributed by atoms with Gasteiger partial charge in [0.05, 0.1) is 0 Å². The van der Waals surface area contributed by atoms with E-state index in [0.29, 0.717) is 11.8 Å². The van der Waals surface area contributed by atoms with Crippen LogP contribution in [0.2, 0.25) is 0 Å². The lowest BCUT2D eigenvalue weighted by molar-refractivity contribution is 0.500. The monoisotopic (exact) mass is 745 g/mol. The Kier molecular flexibility index (Phi) is 8.33. The smallest absolute Gasteiger partial charge is 0.0465 e. The van der Waals surface area contributed by atoms with Crippen LogP contribution < -0.4 is 4.90 Å². The van der Waals surface area contributed by atoms with Crippen LogP contribution in [0.5, 0.6) is 0 Å². The second-order valence-corrected chi connectivity index (χ2v) is 20.8. The summed E-state index contributed by atoms with van der Waals surface area (Å²) in [6.45, 7) is 27.8. The maximum absolute atomic E-state index is 2.52. The Morgan fingerprint density at radius 3 is 1.67 bits per heavy atom. The van der Waals surface area contributed by atoms with E-state index in [1.165, 1.54) is 95.0 Å². The summed E-state index contributed by atoms with van der Waals surface area (Å²) in [5, 5.41) is 0. The van der Waals surface area contributed by atoms with Crippen LogP contribution in [0.1, 0.15) is 111 Å². The first-order valence-electron chi connectivity index (χ1n) is 21.1. The van der Waals surface area contributed by atoms with E-state index in [1.807, 2.05) is 0 Å². The van der Waals surface area contributed by atoms with E-state index >= 15 is 0 Å². The number of fused-ring (bicyclic) bond motifs is 3. The van der Waals surface area contributed by atoms with Crippen molar-refractivity contribution in [3.8, 4) is 11.1 Å². The molecule has 0 aliphatic heterocycles. The van der Waals surface area contributed by atoms with Crippen molar-refractivity contribution in [3.05, 3.63) is 189 Å². The molecule has 5 aliphatic carbocycles. The highest BCUT2D eigenvalue weighted by molar-refractivity contribution is 5.91. The molecule has 0 bridgehead atoms. The zero-order valence-corrected chi connectivity index (χ0v) is 36.2. The van der Waals surface area contributed by atoms with E-state index in [0.717, 1.165) is 0 Å². The molecular weight excluding hydrogens is 687 g/mol. The van der Waals surface area contributed by atoms with Gasteiger partial charge in [0.2, 0.25) is 0 Å². The largest absolute Gasteiger partial charge is 0.310 e. The molecular formula is C56H59N. The fourth-order valence-electron chi connectivity index (χ4n) is 9.97. The van der Waals surface area contributed by atoms with Crippen molar-refractivity contribution in [2.75, 3.05) is 4.90 Å². The average Bonchev–Trinajstić information content (AvgIpc) is 3.38. The number of rotatable bonds is 4. The van der Waals surface area contributed by atoms with Gasteiger partial charge in [0.25, 0.3) is 0 Å². The summed E-state index contributed by atoms with van der Waals surface area (Å²) in [7, 11) is 0. The average molecular weight is 746 g/mol. The Hall–Kier alpha value is -5.14. The molecule has 4 aromatic carbocycles. The number of nitrogens with zero attached hydrogens (tertiary/aromatic N) is 1. The fraction of sp³-hybridized carbons (Fsp3) is 0.321. The van der Waals surface area contributed by atoms with Gasteiger partial charge in [-0.3, -0.25) is 0 Å². The van der Waals surface area contributed by atoms with Gasteiger partial charge in [-0.1, -0.05) is 161 Å². The van der Waals surface area contributed by atoms with Crippen LogP contribution >= 0.6 is 0 Å². The van der Waals surface area contributed by atoms with Crippen molar-refractivity contribution >= 4 is 22.6 Å².